The molecular formula is C24H56O5Si5. The van der Waals surface area contributed by atoms with Gasteiger partial charge in [-0.3, -0.25) is 4.79 Å². The van der Waals surface area contributed by atoms with Crippen molar-refractivity contribution in [2.45, 2.75) is 135 Å². The highest BCUT2D eigenvalue weighted by Gasteiger charge is 2.67. The third-order valence-electron chi connectivity index (χ3n) is 8.47. The molecule has 2 unspecified atom stereocenters. The highest BCUT2D eigenvalue weighted by molar-refractivity contribution is 7.87. The largest absolute Gasteiger partial charge is 0.469 e. The summed E-state index contributed by atoms with van der Waals surface area (Å²) in [4.78, 5) is 12.6. The van der Waals surface area contributed by atoms with Crippen LogP contribution >= 0.6 is 0 Å². The summed E-state index contributed by atoms with van der Waals surface area (Å²) in [7, 11) is -3.76. The molecule has 1 fully saturated rings. The van der Waals surface area contributed by atoms with Gasteiger partial charge >= 0.3 is 5.97 Å². The first kappa shape index (κ1) is 32.5. The molecule has 0 aromatic heterocycles. The summed E-state index contributed by atoms with van der Waals surface area (Å²) in [5.74, 6) is -0.232. The fourth-order valence-electron chi connectivity index (χ4n) is 6.80. The van der Waals surface area contributed by atoms with Gasteiger partial charge in [0.15, 0.2) is 15.2 Å². The summed E-state index contributed by atoms with van der Waals surface area (Å²) < 4.78 is 26.0. The van der Waals surface area contributed by atoms with Gasteiger partial charge in [0.1, 0.15) is 5.60 Å². The summed E-state index contributed by atoms with van der Waals surface area (Å²) in [5, 5.41) is 0.123. The highest BCUT2D eigenvalue weighted by Crippen LogP contribution is 2.48. The van der Waals surface area contributed by atoms with Gasteiger partial charge in [-0.25, -0.2) is 0 Å². The zero-order chi connectivity index (χ0) is 27.2. The number of ether oxygens (including phenoxy) is 2. The number of esters is 1. The lowest BCUT2D eigenvalue weighted by Crippen LogP contribution is -2.85. The smallest absolute Gasteiger partial charge is 0.308 e. The Hall–Kier alpha value is 0.434. The minimum Gasteiger partial charge on any atom is -0.469 e. The van der Waals surface area contributed by atoms with E-state index in [9.17, 15) is 4.79 Å². The molecule has 0 bridgehead atoms. The van der Waals surface area contributed by atoms with Crippen molar-refractivity contribution in [3.63, 3.8) is 0 Å². The fraction of sp³-hybridized carbons (Fsp3) is 0.958. The first-order valence-electron chi connectivity index (χ1n) is 12.9. The van der Waals surface area contributed by atoms with Gasteiger partial charge in [0.2, 0.25) is 0 Å². The molecule has 0 radical (unpaired) electrons. The van der Waals surface area contributed by atoms with Gasteiger partial charge in [-0.15, -0.1) is 0 Å². The van der Waals surface area contributed by atoms with Crippen LogP contribution in [0.1, 0.15) is 40.0 Å². The normalized spacial score (nSPS) is 25.5. The molecule has 1 aliphatic rings. The van der Waals surface area contributed by atoms with E-state index in [-0.39, 0.29) is 29.6 Å². The molecule has 0 aromatic carbocycles. The zero-order valence-corrected chi connectivity index (χ0v) is 30.3. The summed E-state index contributed by atoms with van der Waals surface area (Å²) in [6, 6.07) is 0. The second kappa shape index (κ2) is 10.3. The summed E-state index contributed by atoms with van der Waals surface area (Å²) in [6.07, 6.45) is 1.60. The van der Waals surface area contributed by atoms with Gasteiger partial charge in [0, 0.05) is 20.0 Å². The van der Waals surface area contributed by atoms with Gasteiger partial charge in [-0.2, -0.15) is 0 Å². The standard InChI is InChI=1S/C24H56O5Si5/c1-23(2,3)33(15,16)28-20-17-21(24(18-20,27-5)19-22(25)26-4)29-34(30(6,7)8,31(9,10)11)32(12,13)14/h20-21H,17-19H2,1-16H3/t20-,21?,24?/m1/s1. The minimum absolute atomic E-state index is 0.0344. The molecule has 202 valence electrons. The third kappa shape index (κ3) is 6.28. The maximum absolute atomic E-state index is 12.6. The molecule has 0 N–H and O–H groups in total. The summed E-state index contributed by atoms with van der Waals surface area (Å²) in [6.45, 7) is 32.1. The second-order valence-electron chi connectivity index (χ2n) is 15.0. The number of carbonyl (C=O) groups excluding carboxylic acids is 1. The number of hydrogen-bond donors (Lipinski definition) is 0. The molecule has 0 saturated heterocycles. The Morgan fingerprint density at radius 1 is 0.824 bits per heavy atom. The topological polar surface area (TPSA) is 54.0 Å². The van der Waals surface area contributed by atoms with E-state index in [1.807, 2.05) is 0 Å². The molecule has 0 aromatic rings. The highest BCUT2D eigenvalue weighted by atomic mass is 29.9. The van der Waals surface area contributed by atoms with E-state index in [1.165, 1.54) is 7.11 Å². The van der Waals surface area contributed by atoms with Crippen LogP contribution in [0.2, 0.25) is 77.1 Å². The Kier molecular flexibility index (Phi) is 9.84. The van der Waals surface area contributed by atoms with Crippen LogP contribution < -0.4 is 0 Å². The van der Waals surface area contributed by atoms with E-state index < -0.39 is 43.6 Å². The minimum atomic E-state index is -2.12. The van der Waals surface area contributed by atoms with Crippen LogP contribution in [0, 0.1) is 0 Å². The number of methoxy groups -OCH3 is 2. The van der Waals surface area contributed by atoms with Crippen LogP contribution in [0.4, 0.5) is 0 Å². The van der Waals surface area contributed by atoms with E-state index in [0.717, 1.165) is 6.42 Å². The number of hydrogen-bond acceptors (Lipinski definition) is 5. The lowest BCUT2D eigenvalue weighted by molar-refractivity contribution is -0.152. The van der Waals surface area contributed by atoms with Crippen molar-refractivity contribution in [3.05, 3.63) is 0 Å². The zero-order valence-electron chi connectivity index (χ0n) is 25.3. The summed E-state index contributed by atoms with van der Waals surface area (Å²) in [5.41, 5.74) is -0.697. The van der Waals surface area contributed by atoms with Crippen molar-refractivity contribution >= 4 is 43.9 Å². The quantitative estimate of drug-likeness (QED) is 0.218. The van der Waals surface area contributed by atoms with Crippen molar-refractivity contribution in [3.8, 4) is 0 Å². The second-order valence-corrected chi connectivity index (χ2v) is 59.2. The van der Waals surface area contributed by atoms with Crippen molar-refractivity contribution in [2.24, 2.45) is 0 Å². The van der Waals surface area contributed by atoms with E-state index in [0.29, 0.717) is 6.42 Å². The Labute approximate surface area is 215 Å². The molecule has 3 atom stereocenters. The molecule has 0 aliphatic heterocycles. The third-order valence-corrected chi connectivity index (χ3v) is 80.6. The molecule has 10 heteroatoms. The SMILES string of the molecule is COC(=O)CC1(OC)C[C@H](O[Si](C)(C)C(C)(C)C)CC1O[Si]([Si](C)(C)C)([Si](C)(C)C)[Si](C)(C)C. The van der Waals surface area contributed by atoms with Gasteiger partial charge in [-0.1, -0.05) is 79.7 Å². The van der Waals surface area contributed by atoms with Gasteiger partial charge < -0.3 is 18.3 Å². The lowest BCUT2D eigenvalue weighted by atomic mass is 9.95. The average Bonchev–Trinajstić information content (AvgIpc) is 2.91. The number of carbonyl (C=O) groups is 1. The molecule has 0 heterocycles. The maximum Gasteiger partial charge on any atom is 0.308 e. The molecule has 34 heavy (non-hydrogen) atoms. The molecule has 0 spiro atoms. The van der Waals surface area contributed by atoms with Crippen LogP contribution in [-0.2, 0) is 23.1 Å². The lowest BCUT2D eigenvalue weighted by Gasteiger charge is -2.58. The van der Waals surface area contributed by atoms with E-state index in [2.05, 4.69) is 92.8 Å². The van der Waals surface area contributed by atoms with E-state index >= 15 is 0 Å². The van der Waals surface area contributed by atoms with Crippen LogP contribution in [0.15, 0.2) is 0 Å². The van der Waals surface area contributed by atoms with Crippen LogP contribution in [0.25, 0.3) is 0 Å². The molecular weight excluding hydrogens is 509 g/mol. The summed E-state index contributed by atoms with van der Waals surface area (Å²) >= 11 is 0. The number of rotatable bonds is 10. The Morgan fingerprint density at radius 2 is 1.26 bits per heavy atom. The van der Waals surface area contributed by atoms with Crippen molar-refractivity contribution in [2.75, 3.05) is 14.2 Å². The Morgan fingerprint density at radius 3 is 1.59 bits per heavy atom. The maximum atomic E-state index is 12.6. The Balaban J connectivity index is 3.64. The van der Waals surface area contributed by atoms with Crippen LogP contribution in [0.3, 0.4) is 0 Å². The van der Waals surface area contributed by atoms with Crippen LogP contribution in [-0.4, -0.2) is 76.0 Å². The van der Waals surface area contributed by atoms with Crippen molar-refractivity contribution in [1.29, 1.82) is 0 Å². The molecule has 5 nitrogen and oxygen atoms in total. The predicted octanol–water partition coefficient (Wildman–Crippen LogP) is 6.70. The van der Waals surface area contributed by atoms with Crippen molar-refractivity contribution in [1.82, 2.24) is 0 Å². The first-order chi connectivity index (χ1) is 14.9. The van der Waals surface area contributed by atoms with Gasteiger partial charge in [-0.05, 0) is 18.1 Å². The first-order valence-corrected chi connectivity index (χ1v) is 31.2. The average molecular weight is 565 g/mol. The van der Waals surface area contributed by atoms with Gasteiger partial charge in [0.25, 0.3) is 0 Å². The predicted molar refractivity (Wildman–Crippen MR) is 158 cm³/mol. The Bertz CT molecular complexity index is 679. The molecule has 0 amide bonds. The van der Waals surface area contributed by atoms with E-state index in [4.69, 9.17) is 18.3 Å². The van der Waals surface area contributed by atoms with Gasteiger partial charge in [0.05, 0.1) is 48.5 Å². The monoisotopic (exact) mass is 564 g/mol. The van der Waals surface area contributed by atoms with Crippen molar-refractivity contribution < 1.29 is 23.1 Å². The molecule has 1 saturated carbocycles. The van der Waals surface area contributed by atoms with Crippen LogP contribution in [0.5, 0.6) is 0 Å². The van der Waals surface area contributed by atoms with E-state index in [1.54, 1.807) is 7.11 Å². The molecule has 1 rings (SSSR count). The molecule has 1 aliphatic carbocycles. The fourth-order valence-corrected chi connectivity index (χ4v) is 102.